The summed E-state index contributed by atoms with van der Waals surface area (Å²) in [4.78, 5) is 0. The van der Waals surface area contributed by atoms with Gasteiger partial charge in [-0.1, -0.05) is 36.4 Å². The Morgan fingerprint density at radius 1 is 1.10 bits per heavy atom. The molecule has 0 amide bonds. The summed E-state index contributed by atoms with van der Waals surface area (Å²) in [6.45, 7) is 0. The smallest absolute Gasteiger partial charge is 0.122 e. The van der Waals surface area contributed by atoms with Gasteiger partial charge in [-0.25, -0.2) is 0 Å². The molecule has 0 bridgehead atoms. The van der Waals surface area contributed by atoms with E-state index in [2.05, 4.69) is 47.1 Å². The monoisotopic (exact) mass is 297 g/mol. The summed E-state index contributed by atoms with van der Waals surface area (Å²) in [5.74, 6) is 0.956. The third-order valence-corrected chi connectivity index (χ3v) is 4.83. The van der Waals surface area contributed by atoms with Gasteiger partial charge in [-0.2, -0.15) is 0 Å². The Kier molecular flexibility index (Phi) is 4.23. The third kappa shape index (κ3) is 2.80. The van der Waals surface area contributed by atoms with E-state index < -0.39 is 0 Å². The van der Waals surface area contributed by atoms with Gasteiger partial charge in [-0.15, -0.1) is 11.3 Å². The number of para-hydroxylation sites is 1. The van der Waals surface area contributed by atoms with Gasteiger partial charge in [0.05, 0.1) is 7.11 Å². The van der Waals surface area contributed by atoms with Crippen LogP contribution in [0.15, 0.2) is 53.9 Å². The molecule has 0 aliphatic rings. The normalized spacial score (nSPS) is 12.5. The van der Waals surface area contributed by atoms with Gasteiger partial charge in [0.1, 0.15) is 5.75 Å². The maximum Gasteiger partial charge on any atom is 0.122 e. The number of rotatable bonds is 5. The van der Waals surface area contributed by atoms with Crippen LogP contribution in [0.3, 0.4) is 0 Å². The minimum Gasteiger partial charge on any atom is -0.496 e. The number of hydrogen-bond acceptors (Lipinski definition) is 3. The molecule has 3 aromatic rings. The van der Waals surface area contributed by atoms with Gasteiger partial charge in [0.2, 0.25) is 0 Å². The van der Waals surface area contributed by atoms with E-state index in [1.54, 1.807) is 18.4 Å². The Bertz CT molecular complexity index is 735. The van der Waals surface area contributed by atoms with Crippen LogP contribution in [-0.2, 0) is 6.42 Å². The van der Waals surface area contributed by atoms with Crippen LogP contribution < -0.4 is 10.1 Å². The molecule has 1 N–H and O–H groups in total. The lowest BCUT2D eigenvalue weighted by Crippen LogP contribution is -2.18. The van der Waals surface area contributed by atoms with E-state index in [1.165, 1.54) is 21.2 Å². The number of methoxy groups -OCH3 is 1. The average molecular weight is 297 g/mol. The molecule has 1 unspecified atom stereocenters. The van der Waals surface area contributed by atoms with Crippen molar-refractivity contribution in [2.45, 2.75) is 12.5 Å². The third-order valence-electron chi connectivity index (χ3n) is 3.85. The minimum absolute atomic E-state index is 0.289. The van der Waals surface area contributed by atoms with Crippen molar-refractivity contribution < 1.29 is 4.74 Å². The lowest BCUT2D eigenvalue weighted by Gasteiger charge is -2.17. The van der Waals surface area contributed by atoms with E-state index >= 15 is 0 Å². The highest BCUT2D eigenvalue weighted by Gasteiger charge is 2.16. The summed E-state index contributed by atoms with van der Waals surface area (Å²) in [5.41, 5.74) is 2.60. The Morgan fingerprint density at radius 3 is 2.67 bits per heavy atom. The van der Waals surface area contributed by atoms with Crippen LogP contribution >= 0.6 is 11.3 Å². The zero-order valence-corrected chi connectivity index (χ0v) is 13.1. The van der Waals surface area contributed by atoms with Gasteiger partial charge in [-0.05, 0) is 47.5 Å². The minimum atomic E-state index is 0.289. The quantitative estimate of drug-likeness (QED) is 0.753. The number of hydrogen-bond donors (Lipinski definition) is 1. The Hall–Kier alpha value is -1.84. The Morgan fingerprint density at radius 2 is 1.86 bits per heavy atom. The number of fused-ring (bicyclic) bond motifs is 1. The summed E-state index contributed by atoms with van der Waals surface area (Å²) < 4.78 is 6.81. The van der Waals surface area contributed by atoms with Crippen LogP contribution in [0, 0.1) is 0 Å². The van der Waals surface area contributed by atoms with Crippen molar-refractivity contribution in [3.05, 3.63) is 65.0 Å². The first kappa shape index (κ1) is 14.1. The highest BCUT2D eigenvalue weighted by molar-refractivity contribution is 7.17. The number of nitrogens with one attached hydrogen (secondary N) is 1. The van der Waals surface area contributed by atoms with E-state index in [0.29, 0.717) is 0 Å². The predicted octanol–water partition coefficient (Wildman–Crippen LogP) is 4.41. The lowest BCUT2D eigenvalue weighted by molar-refractivity contribution is 0.406. The highest BCUT2D eigenvalue weighted by atomic mass is 32.1. The van der Waals surface area contributed by atoms with Crippen LogP contribution in [0.4, 0.5) is 0 Å². The zero-order chi connectivity index (χ0) is 14.7. The molecule has 2 aromatic carbocycles. The van der Waals surface area contributed by atoms with Crippen molar-refractivity contribution in [2.75, 3.05) is 14.2 Å². The topological polar surface area (TPSA) is 21.3 Å². The average Bonchev–Trinajstić information content (AvgIpc) is 2.97. The number of thiophene rings is 1. The molecule has 2 nitrogen and oxygen atoms in total. The van der Waals surface area contributed by atoms with E-state index in [4.69, 9.17) is 4.74 Å². The fraction of sp³-hybridized carbons (Fsp3) is 0.222. The van der Waals surface area contributed by atoms with Crippen molar-refractivity contribution in [1.82, 2.24) is 5.32 Å². The first-order valence-electron chi connectivity index (χ1n) is 7.08. The van der Waals surface area contributed by atoms with Crippen molar-refractivity contribution in [3.63, 3.8) is 0 Å². The molecule has 1 aromatic heterocycles. The van der Waals surface area contributed by atoms with E-state index in [1.807, 2.05) is 19.2 Å². The van der Waals surface area contributed by atoms with Gasteiger partial charge in [0.15, 0.2) is 0 Å². The molecule has 108 valence electrons. The second-order valence-corrected chi connectivity index (χ2v) is 5.96. The molecular formula is C18H19NOS. The molecular weight excluding hydrogens is 278 g/mol. The van der Waals surface area contributed by atoms with Crippen LogP contribution in [0.2, 0.25) is 0 Å². The van der Waals surface area contributed by atoms with Crippen molar-refractivity contribution in [3.8, 4) is 5.75 Å². The van der Waals surface area contributed by atoms with Crippen LogP contribution in [0.1, 0.15) is 17.2 Å². The molecule has 0 spiro atoms. The van der Waals surface area contributed by atoms with E-state index in [9.17, 15) is 0 Å². The maximum absolute atomic E-state index is 5.47. The molecule has 0 radical (unpaired) electrons. The standard InChI is InChI=1S/C18H19NOS/c1-19-16(11-13-7-3-5-9-17(13)20-2)15-12-21-18-10-6-4-8-14(15)18/h3-10,12,16,19H,11H2,1-2H3. The fourth-order valence-corrected chi connectivity index (χ4v) is 3.74. The molecule has 1 atom stereocenters. The number of ether oxygens (including phenoxy) is 1. The van der Waals surface area contributed by atoms with Gasteiger partial charge in [-0.3, -0.25) is 0 Å². The van der Waals surface area contributed by atoms with Crippen LogP contribution in [0.5, 0.6) is 5.75 Å². The Labute approximate surface area is 129 Å². The Balaban J connectivity index is 1.95. The zero-order valence-electron chi connectivity index (χ0n) is 12.3. The lowest BCUT2D eigenvalue weighted by atomic mass is 9.98. The van der Waals surface area contributed by atoms with Crippen molar-refractivity contribution in [1.29, 1.82) is 0 Å². The molecule has 21 heavy (non-hydrogen) atoms. The molecule has 0 fully saturated rings. The molecule has 0 saturated carbocycles. The predicted molar refractivity (Wildman–Crippen MR) is 90.3 cm³/mol. The summed E-state index contributed by atoms with van der Waals surface area (Å²) in [7, 11) is 3.75. The fourth-order valence-electron chi connectivity index (χ4n) is 2.73. The van der Waals surface area contributed by atoms with Gasteiger partial charge < -0.3 is 10.1 Å². The second-order valence-electron chi connectivity index (χ2n) is 5.04. The first-order chi connectivity index (χ1) is 10.3. The SMILES string of the molecule is CNC(Cc1ccccc1OC)c1csc2ccccc12. The summed E-state index contributed by atoms with van der Waals surface area (Å²) in [6.07, 6.45) is 0.918. The van der Waals surface area contributed by atoms with Crippen molar-refractivity contribution in [2.24, 2.45) is 0 Å². The summed E-state index contributed by atoms with van der Waals surface area (Å²) in [6, 6.07) is 17.1. The largest absolute Gasteiger partial charge is 0.496 e. The van der Waals surface area contributed by atoms with Crippen LogP contribution in [0.25, 0.3) is 10.1 Å². The van der Waals surface area contributed by atoms with Crippen LogP contribution in [-0.4, -0.2) is 14.2 Å². The van der Waals surface area contributed by atoms with Gasteiger partial charge in [0.25, 0.3) is 0 Å². The van der Waals surface area contributed by atoms with Gasteiger partial charge >= 0.3 is 0 Å². The molecule has 0 aliphatic carbocycles. The highest BCUT2D eigenvalue weighted by Crippen LogP contribution is 2.33. The van der Waals surface area contributed by atoms with E-state index in [0.717, 1.165) is 12.2 Å². The van der Waals surface area contributed by atoms with Gasteiger partial charge in [0, 0.05) is 10.7 Å². The summed E-state index contributed by atoms with van der Waals surface area (Å²) >= 11 is 1.81. The maximum atomic E-state index is 5.47. The number of benzene rings is 2. The molecule has 3 rings (SSSR count). The second kappa shape index (κ2) is 6.29. The molecule has 3 heteroatoms. The van der Waals surface area contributed by atoms with Crippen molar-refractivity contribution >= 4 is 21.4 Å². The molecule has 0 aliphatic heterocycles. The first-order valence-corrected chi connectivity index (χ1v) is 7.96. The number of likely N-dealkylation sites (N-methyl/N-ethyl adjacent to an activating group) is 1. The molecule has 0 saturated heterocycles. The molecule has 1 heterocycles. The summed E-state index contributed by atoms with van der Waals surface area (Å²) in [5, 5.41) is 7.06. The van der Waals surface area contributed by atoms with E-state index in [-0.39, 0.29) is 6.04 Å².